The first-order valence-electron chi connectivity index (χ1n) is 12.1. The Bertz CT molecular complexity index is 1490. The van der Waals surface area contributed by atoms with E-state index in [0.717, 1.165) is 27.7 Å². The van der Waals surface area contributed by atoms with Crippen LogP contribution in [0.4, 0.5) is 11.6 Å². The van der Waals surface area contributed by atoms with E-state index >= 15 is 0 Å². The summed E-state index contributed by atoms with van der Waals surface area (Å²) in [6.45, 7) is 2.69. The Balaban J connectivity index is 1.53. The third kappa shape index (κ3) is 4.40. The van der Waals surface area contributed by atoms with E-state index in [1.807, 2.05) is 71.3 Å². The molecule has 0 atom stereocenters. The van der Waals surface area contributed by atoms with Crippen molar-refractivity contribution in [1.82, 2.24) is 14.8 Å². The van der Waals surface area contributed by atoms with E-state index < -0.39 is 0 Å². The maximum atomic E-state index is 10.6. The molecule has 2 aliphatic heterocycles. The lowest BCUT2D eigenvalue weighted by atomic mass is 10.1. The van der Waals surface area contributed by atoms with Crippen molar-refractivity contribution in [3.05, 3.63) is 113 Å². The Morgan fingerprint density at radius 1 is 0.811 bits per heavy atom. The van der Waals surface area contributed by atoms with Crippen LogP contribution in [-0.2, 0) is 4.74 Å². The first-order valence-corrected chi connectivity index (χ1v) is 13.0. The van der Waals surface area contributed by atoms with E-state index in [-0.39, 0.29) is 0 Å². The molecule has 4 aromatic rings. The third-order valence-electron chi connectivity index (χ3n) is 6.31. The van der Waals surface area contributed by atoms with Gasteiger partial charge in [-0.2, -0.15) is 5.26 Å². The maximum absolute atomic E-state index is 10.6. The van der Waals surface area contributed by atoms with Crippen LogP contribution in [-0.4, -0.2) is 41.1 Å². The summed E-state index contributed by atoms with van der Waals surface area (Å²) in [5, 5.41) is 22.6. The molecular formula is C29H24N6OS. The average molecular weight is 505 g/mol. The fourth-order valence-electron chi connectivity index (χ4n) is 4.55. The van der Waals surface area contributed by atoms with Crippen molar-refractivity contribution in [2.45, 2.75) is 0 Å². The van der Waals surface area contributed by atoms with Gasteiger partial charge in [0.05, 0.1) is 24.6 Å². The second kappa shape index (κ2) is 10.3. The summed E-state index contributed by atoms with van der Waals surface area (Å²) in [5.74, 6) is 1.23. The van der Waals surface area contributed by atoms with Crippen LogP contribution in [0.15, 0.2) is 101 Å². The number of anilines is 2. The molecule has 2 aliphatic rings. The summed E-state index contributed by atoms with van der Waals surface area (Å²) in [5.41, 5.74) is 4.43. The van der Waals surface area contributed by atoms with E-state index in [1.165, 1.54) is 11.8 Å². The molecule has 1 fully saturated rings. The van der Waals surface area contributed by atoms with E-state index in [2.05, 4.69) is 55.7 Å². The summed E-state index contributed by atoms with van der Waals surface area (Å²) >= 11 is 1.53. The van der Waals surface area contributed by atoms with E-state index in [0.29, 0.717) is 43.6 Å². The number of nitrogens with zero attached hydrogens (tertiary/aromatic N) is 6. The first-order chi connectivity index (χ1) is 18.3. The fraction of sp³-hybridized carbons (Fsp3) is 0.138. The van der Waals surface area contributed by atoms with Crippen LogP contribution in [0.25, 0.3) is 17.0 Å². The minimum absolute atomic E-state index is 0.465. The molecule has 6 rings (SSSR count). The smallest absolute Gasteiger partial charge is 0.232 e. The number of aromatic nitrogens is 3. The molecule has 0 N–H and O–H groups in total. The molecule has 0 unspecified atom stereocenters. The summed E-state index contributed by atoms with van der Waals surface area (Å²) in [6, 6.07) is 32.8. The summed E-state index contributed by atoms with van der Waals surface area (Å²) in [6.07, 6.45) is 0. The predicted octanol–water partition coefficient (Wildman–Crippen LogP) is 5.55. The minimum atomic E-state index is 0.465. The first kappa shape index (κ1) is 23.1. The van der Waals surface area contributed by atoms with Crippen LogP contribution in [0.3, 0.4) is 0 Å². The molecule has 37 heavy (non-hydrogen) atoms. The second-order valence-electron chi connectivity index (χ2n) is 8.54. The van der Waals surface area contributed by atoms with Crippen molar-refractivity contribution in [3.8, 4) is 11.8 Å². The maximum Gasteiger partial charge on any atom is 0.232 e. The highest BCUT2D eigenvalue weighted by Crippen LogP contribution is 2.46. The molecule has 3 heterocycles. The van der Waals surface area contributed by atoms with Crippen molar-refractivity contribution in [2.24, 2.45) is 0 Å². The fourth-order valence-corrected chi connectivity index (χ4v) is 5.58. The largest absolute Gasteiger partial charge is 0.378 e. The van der Waals surface area contributed by atoms with Gasteiger partial charge in [0.1, 0.15) is 16.7 Å². The standard InChI is InChI=1S/C29H24N6OS/c30-20-25(27-31-32-29(33-16-18-36-19-17-33)35(27)24-14-8-3-9-15-24)28-34(23-12-6-2-7-13-23)26(21-37-28)22-10-4-1-5-11-22/h1-15,21H,16-19H2/b28-25-. The molecule has 0 radical (unpaired) electrons. The van der Waals surface area contributed by atoms with Crippen LogP contribution in [0.1, 0.15) is 11.4 Å². The molecule has 0 aliphatic carbocycles. The van der Waals surface area contributed by atoms with Gasteiger partial charge in [0.15, 0.2) is 5.82 Å². The summed E-state index contributed by atoms with van der Waals surface area (Å²) in [7, 11) is 0. The van der Waals surface area contributed by atoms with Gasteiger partial charge in [-0.15, -0.1) is 10.2 Å². The number of para-hydroxylation sites is 2. The molecule has 8 heteroatoms. The Kier molecular flexibility index (Phi) is 6.46. The van der Waals surface area contributed by atoms with Crippen molar-refractivity contribution >= 4 is 34.7 Å². The molecule has 7 nitrogen and oxygen atoms in total. The van der Waals surface area contributed by atoms with Crippen LogP contribution in [0, 0.1) is 11.3 Å². The monoisotopic (exact) mass is 504 g/mol. The minimum Gasteiger partial charge on any atom is -0.378 e. The van der Waals surface area contributed by atoms with Crippen LogP contribution in [0.5, 0.6) is 0 Å². The molecule has 0 amide bonds. The zero-order chi connectivity index (χ0) is 25.0. The predicted molar refractivity (Wildman–Crippen MR) is 148 cm³/mol. The van der Waals surface area contributed by atoms with E-state index in [1.54, 1.807) is 0 Å². The van der Waals surface area contributed by atoms with Gasteiger partial charge in [-0.3, -0.25) is 4.57 Å². The topological polar surface area (TPSA) is 70.2 Å². The van der Waals surface area contributed by atoms with Gasteiger partial charge in [0.25, 0.3) is 0 Å². The van der Waals surface area contributed by atoms with Crippen molar-refractivity contribution < 1.29 is 4.74 Å². The van der Waals surface area contributed by atoms with Gasteiger partial charge in [-0.25, -0.2) is 0 Å². The Hall–Kier alpha value is -4.32. The number of rotatable bonds is 5. The Morgan fingerprint density at radius 2 is 1.43 bits per heavy atom. The van der Waals surface area contributed by atoms with Crippen LogP contribution in [0.2, 0.25) is 0 Å². The number of morpholine rings is 1. The van der Waals surface area contributed by atoms with Gasteiger partial charge in [0, 0.05) is 24.2 Å². The lowest BCUT2D eigenvalue weighted by Gasteiger charge is -2.28. The summed E-state index contributed by atoms with van der Waals surface area (Å²) < 4.78 is 7.55. The van der Waals surface area contributed by atoms with Crippen LogP contribution < -0.4 is 9.80 Å². The normalized spacial score (nSPS) is 16.9. The van der Waals surface area contributed by atoms with Gasteiger partial charge in [-0.1, -0.05) is 78.5 Å². The third-order valence-corrected chi connectivity index (χ3v) is 7.26. The number of allylic oxidation sites excluding steroid dienone is 1. The molecule has 182 valence electrons. The lowest BCUT2D eigenvalue weighted by molar-refractivity contribution is 0.122. The van der Waals surface area contributed by atoms with Crippen molar-refractivity contribution in [2.75, 3.05) is 36.1 Å². The highest BCUT2D eigenvalue weighted by molar-refractivity contribution is 8.06. The van der Waals surface area contributed by atoms with Crippen LogP contribution >= 0.6 is 11.8 Å². The summed E-state index contributed by atoms with van der Waals surface area (Å²) in [4.78, 5) is 4.30. The van der Waals surface area contributed by atoms with E-state index in [4.69, 9.17) is 4.74 Å². The molecule has 0 saturated carbocycles. The van der Waals surface area contributed by atoms with Gasteiger partial charge in [-0.05, 0) is 29.8 Å². The highest BCUT2D eigenvalue weighted by atomic mass is 32.2. The van der Waals surface area contributed by atoms with E-state index in [9.17, 15) is 5.26 Å². The number of benzene rings is 3. The molecule has 0 spiro atoms. The molecule has 1 aromatic heterocycles. The SMILES string of the molecule is N#C/C(=C1/SC=C(c2ccccc2)N1c1ccccc1)c1nnc(N2CCOCC2)n1-c1ccccc1. The molecular weight excluding hydrogens is 480 g/mol. The second-order valence-corrected chi connectivity index (χ2v) is 9.40. The van der Waals surface area contributed by atoms with Crippen molar-refractivity contribution in [3.63, 3.8) is 0 Å². The van der Waals surface area contributed by atoms with Gasteiger partial charge < -0.3 is 14.5 Å². The average Bonchev–Trinajstić information content (AvgIpc) is 3.61. The number of nitriles is 1. The Labute approximate surface area is 219 Å². The highest BCUT2D eigenvalue weighted by Gasteiger charge is 2.31. The van der Waals surface area contributed by atoms with Gasteiger partial charge >= 0.3 is 0 Å². The number of ether oxygens (including phenoxy) is 1. The quantitative estimate of drug-likeness (QED) is 0.330. The van der Waals surface area contributed by atoms with Crippen molar-refractivity contribution in [1.29, 1.82) is 5.26 Å². The van der Waals surface area contributed by atoms with Gasteiger partial charge in [0.2, 0.25) is 5.95 Å². The zero-order valence-corrected chi connectivity index (χ0v) is 20.9. The Morgan fingerprint density at radius 3 is 2.08 bits per heavy atom. The number of hydrogen-bond donors (Lipinski definition) is 0. The molecule has 1 saturated heterocycles. The lowest BCUT2D eigenvalue weighted by Crippen LogP contribution is -2.38. The molecule has 0 bridgehead atoms. The number of thioether (sulfide) groups is 1. The number of hydrogen-bond acceptors (Lipinski definition) is 7. The zero-order valence-electron chi connectivity index (χ0n) is 20.1. The molecule has 3 aromatic carbocycles.